The molecular formula is C16H17N5O7S3. The average molecular weight is 488 g/mol. The van der Waals surface area contributed by atoms with Crippen LogP contribution in [0.15, 0.2) is 21.8 Å². The summed E-state index contributed by atoms with van der Waals surface area (Å²) < 4.78 is 0. The van der Waals surface area contributed by atoms with Crippen LogP contribution in [0.2, 0.25) is 0 Å². The molecule has 1 aromatic rings. The summed E-state index contributed by atoms with van der Waals surface area (Å²) in [5.74, 6) is -3.00. The Morgan fingerprint density at radius 2 is 2.19 bits per heavy atom. The van der Waals surface area contributed by atoms with Crippen LogP contribution in [0.1, 0.15) is 5.69 Å². The molecular weight excluding hydrogens is 470 g/mol. The minimum Gasteiger partial charge on any atom is -0.479 e. The second-order valence-corrected chi connectivity index (χ2v) is 9.09. The molecule has 0 saturated carbocycles. The largest absolute Gasteiger partial charge is 0.479 e. The number of carbonyl (C=O) groups excluding carboxylic acids is 2. The van der Waals surface area contributed by atoms with Crippen LogP contribution in [0.4, 0.5) is 5.13 Å². The van der Waals surface area contributed by atoms with Gasteiger partial charge in [-0.15, -0.1) is 23.1 Å². The van der Waals surface area contributed by atoms with Crippen LogP contribution in [0.5, 0.6) is 0 Å². The van der Waals surface area contributed by atoms with Crippen LogP contribution < -0.4 is 11.1 Å². The fourth-order valence-electron chi connectivity index (χ4n) is 2.93. The summed E-state index contributed by atoms with van der Waals surface area (Å²) in [5.41, 5.74) is 5.87. The second-order valence-electron chi connectivity index (χ2n) is 6.23. The third-order valence-corrected chi connectivity index (χ3v) is 6.83. The summed E-state index contributed by atoms with van der Waals surface area (Å²) in [4.78, 5) is 57.6. The van der Waals surface area contributed by atoms with E-state index < -0.39 is 41.8 Å². The zero-order valence-corrected chi connectivity index (χ0v) is 18.4. The summed E-state index contributed by atoms with van der Waals surface area (Å²) in [6, 6.07) is -0.983. The van der Waals surface area contributed by atoms with Gasteiger partial charge in [0.25, 0.3) is 11.8 Å². The lowest BCUT2D eigenvalue weighted by Crippen LogP contribution is -2.71. The Morgan fingerprint density at radius 1 is 1.45 bits per heavy atom. The molecule has 3 rings (SSSR count). The highest BCUT2D eigenvalue weighted by molar-refractivity contribution is 8.00. The molecule has 1 aromatic heterocycles. The molecule has 2 unspecified atom stereocenters. The van der Waals surface area contributed by atoms with Crippen LogP contribution in [0.25, 0.3) is 0 Å². The maximum absolute atomic E-state index is 12.8. The van der Waals surface area contributed by atoms with Gasteiger partial charge in [0, 0.05) is 16.9 Å². The van der Waals surface area contributed by atoms with Crippen molar-refractivity contribution < 1.29 is 34.2 Å². The van der Waals surface area contributed by atoms with Gasteiger partial charge in [0.15, 0.2) is 10.8 Å². The number of nitrogen functional groups attached to an aromatic ring is 1. The molecule has 2 atom stereocenters. The van der Waals surface area contributed by atoms with Crippen LogP contribution in [-0.2, 0) is 24.0 Å². The lowest BCUT2D eigenvalue weighted by atomic mass is 10.0. The van der Waals surface area contributed by atoms with Gasteiger partial charge in [-0.05, 0) is 11.8 Å². The van der Waals surface area contributed by atoms with Gasteiger partial charge in [-0.25, -0.2) is 14.6 Å². The number of rotatable bonds is 9. The minimum atomic E-state index is -1.29. The SMILES string of the molecule is CSCC1=C(C(=O)O)N2C(=O)C(NC(=O)/C(=N/OCC(=O)O)c3csc(N)n3)C2SC1. The number of nitrogens with two attached hydrogens (primary N) is 1. The Morgan fingerprint density at radius 3 is 2.77 bits per heavy atom. The number of carbonyl (C=O) groups is 4. The quantitative estimate of drug-likeness (QED) is 0.202. The number of anilines is 1. The molecule has 0 spiro atoms. The molecule has 0 aromatic carbocycles. The normalized spacial score (nSPS) is 20.7. The Bertz CT molecular complexity index is 992. The number of nitrogens with zero attached hydrogens (tertiary/aromatic N) is 3. The van der Waals surface area contributed by atoms with Crippen LogP contribution in [0, 0.1) is 0 Å². The van der Waals surface area contributed by atoms with Gasteiger partial charge in [-0.2, -0.15) is 11.8 Å². The number of hydrogen-bond acceptors (Lipinski definition) is 11. The van der Waals surface area contributed by atoms with Crippen molar-refractivity contribution in [2.75, 3.05) is 30.1 Å². The lowest BCUT2D eigenvalue weighted by Gasteiger charge is -2.49. The molecule has 2 amide bonds. The number of hydrogen-bond donors (Lipinski definition) is 4. The number of aliphatic carboxylic acids is 2. The van der Waals surface area contributed by atoms with E-state index in [1.807, 2.05) is 6.26 Å². The Labute approximate surface area is 187 Å². The molecule has 1 fully saturated rings. The Balaban J connectivity index is 1.78. The summed E-state index contributed by atoms with van der Waals surface area (Å²) in [7, 11) is 0. The van der Waals surface area contributed by atoms with Crippen molar-refractivity contribution >= 4 is 69.5 Å². The first kappa shape index (κ1) is 22.9. The number of oxime groups is 1. The number of thiazole rings is 1. The molecule has 2 aliphatic rings. The predicted octanol–water partition coefficient (Wildman–Crippen LogP) is -0.368. The zero-order chi connectivity index (χ0) is 22.7. The zero-order valence-electron chi connectivity index (χ0n) is 15.9. The number of carboxylic acids is 2. The van der Waals surface area contributed by atoms with Gasteiger partial charge in [-0.3, -0.25) is 14.5 Å². The van der Waals surface area contributed by atoms with E-state index in [1.165, 1.54) is 33.8 Å². The van der Waals surface area contributed by atoms with E-state index in [0.29, 0.717) is 17.1 Å². The highest BCUT2D eigenvalue weighted by Crippen LogP contribution is 2.40. The van der Waals surface area contributed by atoms with Gasteiger partial charge < -0.3 is 26.1 Å². The Kier molecular flexibility index (Phi) is 7.07. The van der Waals surface area contributed by atoms with E-state index >= 15 is 0 Å². The molecule has 5 N–H and O–H groups in total. The topological polar surface area (TPSA) is 185 Å². The molecule has 0 aliphatic carbocycles. The summed E-state index contributed by atoms with van der Waals surface area (Å²) in [5, 5.41) is 25.3. The molecule has 31 heavy (non-hydrogen) atoms. The minimum absolute atomic E-state index is 0.0543. The molecule has 2 aliphatic heterocycles. The smallest absolute Gasteiger partial charge is 0.352 e. The van der Waals surface area contributed by atoms with E-state index in [9.17, 15) is 24.3 Å². The molecule has 3 heterocycles. The predicted molar refractivity (Wildman–Crippen MR) is 115 cm³/mol. The Hall–Kier alpha value is -2.78. The lowest BCUT2D eigenvalue weighted by molar-refractivity contribution is -0.150. The average Bonchev–Trinajstić information content (AvgIpc) is 3.14. The fraction of sp³-hybridized carbons (Fsp3) is 0.375. The van der Waals surface area contributed by atoms with Gasteiger partial charge in [-0.1, -0.05) is 5.16 Å². The molecule has 0 radical (unpaired) electrons. The molecule has 15 heteroatoms. The first-order chi connectivity index (χ1) is 14.7. The number of β-lactam (4-membered cyclic amide) rings is 1. The van der Waals surface area contributed by atoms with E-state index in [-0.39, 0.29) is 22.2 Å². The van der Waals surface area contributed by atoms with E-state index in [1.54, 1.807) is 0 Å². The van der Waals surface area contributed by atoms with Gasteiger partial charge in [0.2, 0.25) is 6.61 Å². The van der Waals surface area contributed by atoms with Crippen molar-refractivity contribution in [3.05, 3.63) is 22.3 Å². The number of nitrogens with one attached hydrogen (secondary N) is 1. The third-order valence-electron chi connectivity index (χ3n) is 4.18. The molecule has 1 saturated heterocycles. The van der Waals surface area contributed by atoms with Crippen LogP contribution in [-0.4, -0.2) is 85.3 Å². The van der Waals surface area contributed by atoms with Gasteiger partial charge >= 0.3 is 11.9 Å². The standard InChI is InChI=1S/C16H17N5O7S3/c1-29-3-6-4-30-14-10(13(25)21(14)11(6)15(26)27)19-12(24)9(20-28-2-8(22)23)7-5-31-16(17)18-7/h5,10,14H,2-4H2,1H3,(H2,17,18)(H,19,24)(H,22,23)(H,26,27)/b20-9+. The van der Waals surface area contributed by atoms with Crippen LogP contribution >= 0.6 is 34.9 Å². The fourth-order valence-corrected chi connectivity index (χ4v) is 5.54. The van der Waals surface area contributed by atoms with Crippen molar-refractivity contribution in [2.45, 2.75) is 11.4 Å². The molecule has 0 bridgehead atoms. The number of fused-ring (bicyclic) bond motifs is 1. The van der Waals surface area contributed by atoms with Crippen molar-refractivity contribution in [2.24, 2.45) is 5.16 Å². The highest BCUT2D eigenvalue weighted by Gasteiger charge is 2.54. The van der Waals surface area contributed by atoms with E-state index in [4.69, 9.17) is 10.8 Å². The maximum Gasteiger partial charge on any atom is 0.352 e. The number of amides is 2. The van der Waals surface area contributed by atoms with Crippen molar-refractivity contribution in [1.29, 1.82) is 0 Å². The van der Waals surface area contributed by atoms with E-state index in [2.05, 4.69) is 20.3 Å². The first-order valence-electron chi connectivity index (χ1n) is 8.57. The third kappa shape index (κ3) is 4.77. The van der Waals surface area contributed by atoms with Crippen molar-refractivity contribution in [1.82, 2.24) is 15.2 Å². The van der Waals surface area contributed by atoms with Gasteiger partial charge in [0.05, 0.1) is 0 Å². The summed E-state index contributed by atoms with van der Waals surface area (Å²) in [6.45, 7) is -0.782. The van der Waals surface area contributed by atoms with Crippen molar-refractivity contribution in [3.8, 4) is 0 Å². The molecule has 12 nitrogen and oxygen atoms in total. The highest BCUT2D eigenvalue weighted by atomic mass is 32.2. The maximum atomic E-state index is 12.8. The van der Waals surface area contributed by atoms with Gasteiger partial charge in [0.1, 0.15) is 22.8 Å². The second kappa shape index (κ2) is 9.57. The monoisotopic (exact) mass is 487 g/mol. The summed E-state index contributed by atoms with van der Waals surface area (Å²) in [6.07, 6.45) is 1.84. The number of aromatic nitrogens is 1. The summed E-state index contributed by atoms with van der Waals surface area (Å²) >= 11 is 3.83. The van der Waals surface area contributed by atoms with Crippen LogP contribution in [0.3, 0.4) is 0 Å². The van der Waals surface area contributed by atoms with E-state index in [0.717, 1.165) is 11.3 Å². The number of carboxylic acid groups (broad SMARTS) is 2. The van der Waals surface area contributed by atoms with Crippen molar-refractivity contribution in [3.63, 3.8) is 0 Å². The number of thioether (sulfide) groups is 2. The molecule has 166 valence electrons. The first-order valence-corrected chi connectivity index (χ1v) is 11.9.